The number of urea groups is 1. The Labute approximate surface area is 105 Å². The molecule has 0 aliphatic carbocycles. The van der Waals surface area contributed by atoms with Crippen LogP contribution in [0.3, 0.4) is 0 Å². The van der Waals surface area contributed by atoms with Crippen molar-refractivity contribution in [1.29, 1.82) is 0 Å². The number of carbonyl (C=O) groups is 1. The molecule has 1 heterocycles. The van der Waals surface area contributed by atoms with E-state index in [-0.39, 0.29) is 4.90 Å². The van der Waals surface area contributed by atoms with Gasteiger partial charge in [-0.15, -0.1) is 0 Å². The maximum Gasteiger partial charge on any atom is 0.328 e. The number of rotatable bonds is 5. The average Bonchev–Trinajstić information content (AvgIpc) is 2.64. The Morgan fingerprint density at radius 3 is 2.65 bits per heavy atom. The van der Waals surface area contributed by atoms with Crippen LogP contribution in [-0.4, -0.2) is 21.0 Å². The number of hydrogen-bond acceptors (Lipinski definition) is 4. The Morgan fingerprint density at radius 1 is 1.41 bits per heavy atom. The summed E-state index contributed by atoms with van der Waals surface area (Å²) in [6.07, 6.45) is 1.77. The first-order valence-corrected chi connectivity index (χ1v) is 7.73. The molecule has 1 aromatic heterocycles. The maximum absolute atomic E-state index is 11.8. The van der Waals surface area contributed by atoms with Gasteiger partial charge >= 0.3 is 6.03 Å². The van der Waals surface area contributed by atoms with Gasteiger partial charge in [-0.3, -0.25) is 0 Å². The molecule has 2 N–H and O–H groups in total. The van der Waals surface area contributed by atoms with E-state index in [1.165, 1.54) is 16.7 Å². The van der Waals surface area contributed by atoms with Gasteiger partial charge in [-0.2, -0.15) is 11.3 Å². The van der Waals surface area contributed by atoms with Crippen molar-refractivity contribution >= 4 is 27.4 Å². The van der Waals surface area contributed by atoms with Gasteiger partial charge in [-0.05, 0) is 24.3 Å². The average molecular weight is 276 g/mol. The topological polar surface area (TPSA) is 75.3 Å². The number of carbonyl (C=O) groups excluding carboxylic acids is 1. The first kappa shape index (κ1) is 14.0. The molecule has 5 nitrogen and oxygen atoms in total. The fourth-order valence-corrected chi connectivity index (χ4v) is 3.58. The Kier molecular flexibility index (Phi) is 4.95. The zero-order valence-corrected chi connectivity index (χ0v) is 11.5. The normalized spacial score (nSPS) is 11.2. The third-order valence-electron chi connectivity index (χ3n) is 2.14. The van der Waals surface area contributed by atoms with E-state index in [0.29, 0.717) is 12.1 Å². The highest BCUT2D eigenvalue weighted by atomic mass is 32.2. The second-order valence-electron chi connectivity index (χ2n) is 3.63. The highest BCUT2D eigenvalue weighted by Gasteiger charge is 2.19. The summed E-state index contributed by atoms with van der Waals surface area (Å²) in [5.41, 5.74) is 0.642. The maximum atomic E-state index is 11.8. The summed E-state index contributed by atoms with van der Waals surface area (Å²) in [6.45, 7) is 4.16. The number of sulfonamides is 1. The number of thiophene rings is 1. The lowest BCUT2D eigenvalue weighted by molar-refractivity contribution is 0.245. The quantitative estimate of drug-likeness (QED) is 0.806. The van der Waals surface area contributed by atoms with Crippen molar-refractivity contribution < 1.29 is 13.2 Å². The molecule has 17 heavy (non-hydrogen) atoms. The molecule has 0 aliphatic rings. The van der Waals surface area contributed by atoms with E-state index in [1.807, 2.05) is 11.6 Å². The lowest BCUT2D eigenvalue weighted by Gasteiger charge is -2.07. The lowest BCUT2D eigenvalue weighted by Crippen LogP contribution is -2.39. The van der Waals surface area contributed by atoms with Crippen molar-refractivity contribution in [2.24, 2.45) is 0 Å². The number of nitrogens with one attached hydrogen (secondary N) is 2. The molecule has 0 saturated heterocycles. The zero-order chi connectivity index (χ0) is 12.9. The van der Waals surface area contributed by atoms with Crippen molar-refractivity contribution in [3.05, 3.63) is 16.3 Å². The second-order valence-corrected chi connectivity index (χ2v) is 6.03. The molecule has 0 unspecified atom stereocenters. The van der Waals surface area contributed by atoms with Gasteiger partial charge < -0.3 is 5.32 Å². The van der Waals surface area contributed by atoms with Crippen LogP contribution in [0.25, 0.3) is 0 Å². The standard InChI is InChI=1S/C10H16N2O3S2/c1-3-4-5-11-10(13)12-17(14,15)9-7-16-6-8(9)2/h6-7H,3-5H2,1-2H3,(H2,11,12,13). The predicted octanol–water partition coefficient (Wildman–Crippen LogP) is 1.84. The van der Waals surface area contributed by atoms with Crippen LogP contribution in [0.5, 0.6) is 0 Å². The SMILES string of the molecule is CCCCNC(=O)NS(=O)(=O)c1cscc1C. The van der Waals surface area contributed by atoms with E-state index in [4.69, 9.17) is 0 Å². The van der Waals surface area contributed by atoms with Crippen LogP contribution in [0, 0.1) is 6.92 Å². The smallest absolute Gasteiger partial charge is 0.328 e. The molecule has 0 saturated carbocycles. The lowest BCUT2D eigenvalue weighted by atomic mass is 10.3. The molecular formula is C10H16N2O3S2. The van der Waals surface area contributed by atoms with Crippen LogP contribution in [0.15, 0.2) is 15.7 Å². The van der Waals surface area contributed by atoms with E-state index in [1.54, 1.807) is 12.3 Å². The minimum Gasteiger partial charge on any atom is -0.337 e. The number of aryl methyl sites for hydroxylation is 1. The molecule has 0 aromatic carbocycles. The summed E-state index contributed by atoms with van der Waals surface area (Å²) in [4.78, 5) is 11.5. The third-order valence-corrected chi connectivity index (χ3v) is 4.62. The Balaban J connectivity index is 2.62. The second kappa shape index (κ2) is 6.02. The van der Waals surface area contributed by atoms with Crippen LogP contribution in [0.2, 0.25) is 0 Å². The molecule has 0 atom stereocenters. The van der Waals surface area contributed by atoms with E-state index in [9.17, 15) is 13.2 Å². The molecular weight excluding hydrogens is 260 g/mol. The molecule has 0 fully saturated rings. The minimum absolute atomic E-state index is 0.160. The van der Waals surface area contributed by atoms with Gasteiger partial charge in [-0.1, -0.05) is 13.3 Å². The molecule has 0 aliphatic heterocycles. The zero-order valence-electron chi connectivity index (χ0n) is 9.82. The molecule has 7 heteroatoms. The van der Waals surface area contributed by atoms with Gasteiger partial charge in [0.05, 0.1) is 0 Å². The molecule has 0 spiro atoms. The number of unbranched alkanes of at least 4 members (excludes halogenated alkanes) is 1. The summed E-state index contributed by atoms with van der Waals surface area (Å²) in [7, 11) is -3.74. The summed E-state index contributed by atoms with van der Waals surface area (Å²) in [6, 6.07) is -0.677. The molecule has 0 radical (unpaired) electrons. The highest BCUT2D eigenvalue weighted by molar-refractivity contribution is 7.90. The first-order chi connectivity index (χ1) is 7.97. The monoisotopic (exact) mass is 276 g/mol. The van der Waals surface area contributed by atoms with Gasteiger partial charge in [0.1, 0.15) is 4.90 Å². The Hall–Kier alpha value is -1.08. The largest absolute Gasteiger partial charge is 0.337 e. The predicted molar refractivity (Wildman–Crippen MR) is 67.7 cm³/mol. The van der Waals surface area contributed by atoms with Crippen molar-refractivity contribution in [3.63, 3.8) is 0 Å². The van der Waals surface area contributed by atoms with Crippen LogP contribution >= 0.6 is 11.3 Å². The summed E-state index contributed by atoms with van der Waals surface area (Å²) < 4.78 is 25.6. The fraction of sp³-hybridized carbons (Fsp3) is 0.500. The van der Waals surface area contributed by atoms with E-state index in [0.717, 1.165) is 12.8 Å². The summed E-state index contributed by atoms with van der Waals surface area (Å²) in [5.74, 6) is 0. The number of hydrogen-bond donors (Lipinski definition) is 2. The van der Waals surface area contributed by atoms with Crippen molar-refractivity contribution in [1.82, 2.24) is 10.0 Å². The Morgan fingerprint density at radius 2 is 2.12 bits per heavy atom. The van der Waals surface area contributed by atoms with Crippen LogP contribution < -0.4 is 10.0 Å². The summed E-state index contributed by atoms with van der Waals surface area (Å²) >= 11 is 1.29. The van der Waals surface area contributed by atoms with Gasteiger partial charge in [0.2, 0.25) is 0 Å². The molecule has 96 valence electrons. The van der Waals surface area contributed by atoms with Crippen molar-refractivity contribution in [2.45, 2.75) is 31.6 Å². The van der Waals surface area contributed by atoms with Crippen LogP contribution in [0.1, 0.15) is 25.3 Å². The van der Waals surface area contributed by atoms with Crippen molar-refractivity contribution in [3.8, 4) is 0 Å². The summed E-state index contributed by atoms with van der Waals surface area (Å²) in [5, 5.41) is 5.73. The molecule has 0 bridgehead atoms. The van der Waals surface area contributed by atoms with Crippen LogP contribution in [-0.2, 0) is 10.0 Å². The van der Waals surface area contributed by atoms with Gasteiger partial charge in [0.15, 0.2) is 0 Å². The van der Waals surface area contributed by atoms with Gasteiger partial charge in [0, 0.05) is 11.9 Å². The van der Waals surface area contributed by atoms with Gasteiger partial charge in [-0.25, -0.2) is 17.9 Å². The molecule has 1 aromatic rings. The first-order valence-electron chi connectivity index (χ1n) is 5.31. The van der Waals surface area contributed by atoms with Crippen molar-refractivity contribution in [2.75, 3.05) is 6.54 Å². The minimum atomic E-state index is -3.74. The Bertz CT molecular complexity index is 479. The highest BCUT2D eigenvalue weighted by Crippen LogP contribution is 2.18. The molecule has 2 amide bonds. The fourth-order valence-electron chi connectivity index (χ4n) is 1.22. The third kappa shape index (κ3) is 4.01. The van der Waals surface area contributed by atoms with E-state index >= 15 is 0 Å². The molecule has 1 rings (SSSR count). The van der Waals surface area contributed by atoms with Crippen LogP contribution in [0.4, 0.5) is 4.79 Å². The van der Waals surface area contributed by atoms with E-state index < -0.39 is 16.1 Å². The van der Waals surface area contributed by atoms with E-state index in [2.05, 4.69) is 5.32 Å². The number of amides is 2. The van der Waals surface area contributed by atoms with Gasteiger partial charge in [0.25, 0.3) is 10.0 Å².